The Morgan fingerprint density at radius 1 is 0.969 bits per heavy atom. The van der Waals surface area contributed by atoms with Gasteiger partial charge >= 0.3 is 12.2 Å². The van der Waals surface area contributed by atoms with Crippen LogP contribution in [0.1, 0.15) is 5.56 Å². The van der Waals surface area contributed by atoms with E-state index in [4.69, 9.17) is 0 Å². The number of carbonyl (C=O) groups is 2. The van der Waals surface area contributed by atoms with E-state index in [9.17, 15) is 31.2 Å². The van der Waals surface area contributed by atoms with Gasteiger partial charge in [-0.05, 0) is 30.3 Å². The van der Waals surface area contributed by atoms with Crippen molar-refractivity contribution >= 4 is 27.5 Å². The smallest absolute Gasteiger partial charge is 0.309 e. The number of anilines is 1. The number of carbonyl (C=O) groups excluding carboxylic acids is 2. The second-order valence-corrected chi connectivity index (χ2v) is 9.76. The maximum atomic E-state index is 13.0. The Morgan fingerprint density at radius 2 is 1.69 bits per heavy atom. The third-order valence-electron chi connectivity index (χ3n) is 5.62. The number of fused-ring (bicyclic) bond motifs is 1. The molecule has 4 rings (SSSR count). The van der Waals surface area contributed by atoms with E-state index in [1.807, 2.05) is 0 Å². The molecule has 1 atom stereocenters. The predicted molar refractivity (Wildman–Crippen MR) is 110 cm³/mol. The molecule has 0 aromatic heterocycles. The lowest BCUT2D eigenvalue weighted by Gasteiger charge is -2.35. The van der Waals surface area contributed by atoms with Gasteiger partial charge in [0.2, 0.25) is 0 Å². The van der Waals surface area contributed by atoms with Crippen molar-refractivity contribution in [1.82, 2.24) is 9.80 Å². The maximum Gasteiger partial charge on any atom is 0.416 e. The van der Waals surface area contributed by atoms with Gasteiger partial charge in [-0.2, -0.15) is 13.2 Å². The molecule has 2 aromatic rings. The monoisotopic (exact) mass is 467 g/mol. The fraction of sp³-hybridized carbons (Fsp3) is 0.333. The van der Waals surface area contributed by atoms with Crippen LogP contribution < -0.4 is 4.90 Å². The molecule has 2 aromatic carbocycles. The Kier molecular flexibility index (Phi) is 5.72. The number of halogens is 3. The highest BCUT2D eigenvalue weighted by atomic mass is 32.2. The standard InChI is InChI=1S/C21H20F3N3O4S/c22-21(23,24)15-5-4-6-16(13-15)27-19(28)18-14-25(9-10-26(18)20(27)29)11-12-32(30,31)17-7-2-1-3-8-17/h1-8,13,18H,9-12,14H2. The molecule has 0 bridgehead atoms. The first-order valence-corrected chi connectivity index (χ1v) is 11.6. The molecule has 0 saturated carbocycles. The fourth-order valence-electron chi connectivity index (χ4n) is 3.91. The summed E-state index contributed by atoms with van der Waals surface area (Å²) in [5.74, 6) is -0.770. The van der Waals surface area contributed by atoms with E-state index >= 15 is 0 Å². The summed E-state index contributed by atoms with van der Waals surface area (Å²) in [6, 6.07) is 10.6. The normalized spacial score (nSPS) is 20.0. The minimum absolute atomic E-state index is 0.115. The van der Waals surface area contributed by atoms with Crippen molar-refractivity contribution in [3.63, 3.8) is 0 Å². The quantitative estimate of drug-likeness (QED) is 0.632. The van der Waals surface area contributed by atoms with E-state index < -0.39 is 39.6 Å². The van der Waals surface area contributed by atoms with E-state index in [0.29, 0.717) is 6.54 Å². The highest BCUT2D eigenvalue weighted by molar-refractivity contribution is 7.91. The number of rotatable bonds is 5. The molecule has 1 unspecified atom stereocenters. The summed E-state index contributed by atoms with van der Waals surface area (Å²) in [6.07, 6.45) is -4.60. The highest BCUT2D eigenvalue weighted by Crippen LogP contribution is 2.34. The van der Waals surface area contributed by atoms with Crippen molar-refractivity contribution in [2.24, 2.45) is 0 Å². The van der Waals surface area contributed by atoms with E-state index in [2.05, 4.69) is 0 Å². The van der Waals surface area contributed by atoms with Crippen molar-refractivity contribution in [2.75, 3.05) is 36.8 Å². The Labute approximate surface area is 182 Å². The lowest BCUT2D eigenvalue weighted by atomic mass is 10.1. The van der Waals surface area contributed by atoms with Crippen LogP contribution in [0, 0.1) is 0 Å². The molecule has 2 aliphatic rings. The molecule has 2 aliphatic heterocycles. The first kappa shape index (κ1) is 22.3. The molecule has 0 radical (unpaired) electrons. The van der Waals surface area contributed by atoms with Crippen LogP contribution in [-0.4, -0.2) is 68.1 Å². The number of hydrogen-bond donors (Lipinski definition) is 0. The molecule has 2 fully saturated rings. The average Bonchev–Trinajstić information content (AvgIpc) is 3.02. The zero-order chi connectivity index (χ0) is 23.1. The number of urea groups is 1. The first-order valence-electron chi connectivity index (χ1n) is 9.90. The lowest BCUT2D eigenvalue weighted by molar-refractivity contribution is -0.137. The van der Waals surface area contributed by atoms with E-state index in [1.165, 1.54) is 23.1 Å². The van der Waals surface area contributed by atoms with Crippen molar-refractivity contribution in [3.8, 4) is 0 Å². The van der Waals surface area contributed by atoms with Gasteiger partial charge < -0.3 is 4.90 Å². The van der Waals surface area contributed by atoms with Gasteiger partial charge in [-0.15, -0.1) is 0 Å². The van der Waals surface area contributed by atoms with Crippen LogP contribution in [-0.2, 0) is 20.8 Å². The molecule has 0 N–H and O–H groups in total. The van der Waals surface area contributed by atoms with E-state index in [1.54, 1.807) is 23.1 Å². The number of piperazine rings is 1. The van der Waals surface area contributed by atoms with Crippen molar-refractivity contribution in [1.29, 1.82) is 0 Å². The molecule has 170 valence electrons. The second kappa shape index (κ2) is 8.21. The number of sulfone groups is 1. The number of imide groups is 1. The maximum absolute atomic E-state index is 13.0. The van der Waals surface area contributed by atoms with Crippen molar-refractivity contribution in [2.45, 2.75) is 17.1 Å². The molecule has 11 heteroatoms. The third kappa shape index (κ3) is 4.22. The zero-order valence-corrected chi connectivity index (χ0v) is 17.6. The average molecular weight is 467 g/mol. The molecule has 0 spiro atoms. The summed E-state index contributed by atoms with van der Waals surface area (Å²) < 4.78 is 64.2. The number of nitrogens with zero attached hydrogens (tertiary/aromatic N) is 3. The van der Waals surface area contributed by atoms with Crippen LogP contribution >= 0.6 is 0 Å². The first-order chi connectivity index (χ1) is 15.1. The van der Waals surface area contributed by atoms with Gasteiger partial charge in [-0.3, -0.25) is 9.69 Å². The fourth-order valence-corrected chi connectivity index (χ4v) is 5.21. The molecule has 32 heavy (non-hydrogen) atoms. The molecule has 3 amide bonds. The minimum Gasteiger partial charge on any atom is -0.309 e. The van der Waals surface area contributed by atoms with Gasteiger partial charge in [0.05, 0.1) is 21.9 Å². The Hall–Kier alpha value is -2.92. The van der Waals surface area contributed by atoms with E-state index in [0.717, 1.165) is 23.1 Å². The zero-order valence-electron chi connectivity index (χ0n) is 16.8. The lowest BCUT2D eigenvalue weighted by Crippen LogP contribution is -2.53. The topological polar surface area (TPSA) is 78.0 Å². The summed E-state index contributed by atoms with van der Waals surface area (Å²) in [4.78, 5) is 29.8. The van der Waals surface area contributed by atoms with Gasteiger partial charge in [-0.1, -0.05) is 24.3 Å². The van der Waals surface area contributed by atoms with Crippen LogP contribution in [0.4, 0.5) is 23.7 Å². The van der Waals surface area contributed by atoms with E-state index in [-0.39, 0.29) is 36.0 Å². The van der Waals surface area contributed by atoms with Gasteiger partial charge in [0.25, 0.3) is 5.91 Å². The Bertz CT molecular complexity index is 1140. The van der Waals surface area contributed by atoms with Crippen molar-refractivity contribution < 1.29 is 31.2 Å². The molecule has 2 saturated heterocycles. The van der Waals surface area contributed by atoms with Crippen LogP contribution in [0.2, 0.25) is 0 Å². The van der Waals surface area contributed by atoms with Gasteiger partial charge in [0, 0.05) is 26.2 Å². The third-order valence-corrected chi connectivity index (χ3v) is 7.33. The van der Waals surface area contributed by atoms with Gasteiger partial charge in [0.15, 0.2) is 9.84 Å². The van der Waals surface area contributed by atoms with Crippen LogP contribution in [0.5, 0.6) is 0 Å². The van der Waals surface area contributed by atoms with Gasteiger partial charge in [-0.25, -0.2) is 18.1 Å². The van der Waals surface area contributed by atoms with Crippen molar-refractivity contribution in [3.05, 3.63) is 60.2 Å². The molecule has 2 heterocycles. The largest absolute Gasteiger partial charge is 0.416 e. The second-order valence-electron chi connectivity index (χ2n) is 7.65. The SMILES string of the molecule is O=C1C2CN(CCS(=O)(=O)c3ccccc3)CCN2C(=O)N1c1cccc(C(F)(F)F)c1. The Morgan fingerprint density at radius 3 is 2.38 bits per heavy atom. The molecular weight excluding hydrogens is 447 g/mol. The number of amides is 3. The van der Waals surface area contributed by atoms with Gasteiger partial charge in [0.1, 0.15) is 6.04 Å². The summed E-state index contributed by atoms with van der Waals surface area (Å²) in [7, 11) is -3.50. The number of benzene rings is 2. The predicted octanol–water partition coefficient (Wildman–Crippen LogP) is 2.63. The molecule has 7 nitrogen and oxygen atoms in total. The number of alkyl halides is 3. The Balaban J connectivity index is 1.47. The number of hydrogen-bond acceptors (Lipinski definition) is 5. The summed E-state index contributed by atoms with van der Waals surface area (Å²) >= 11 is 0. The summed E-state index contributed by atoms with van der Waals surface area (Å²) in [5, 5.41) is 0. The van der Waals surface area contributed by atoms with Crippen LogP contribution in [0.25, 0.3) is 0 Å². The minimum atomic E-state index is -4.60. The van der Waals surface area contributed by atoms with Crippen LogP contribution in [0.3, 0.4) is 0 Å². The molecular formula is C21H20F3N3O4S. The molecule has 0 aliphatic carbocycles. The summed E-state index contributed by atoms with van der Waals surface area (Å²) in [6.45, 7) is 0.823. The van der Waals surface area contributed by atoms with Crippen LogP contribution in [0.15, 0.2) is 59.5 Å². The highest BCUT2D eigenvalue weighted by Gasteiger charge is 2.48. The summed E-state index contributed by atoms with van der Waals surface area (Å²) in [5.41, 5.74) is -1.09.